The number of aromatic amines is 1. The first-order valence-electron chi connectivity index (χ1n) is 7.19. The summed E-state index contributed by atoms with van der Waals surface area (Å²) < 4.78 is 1.34. The summed E-state index contributed by atoms with van der Waals surface area (Å²) >= 11 is 6.12. The maximum absolute atomic E-state index is 12.7. The molecule has 3 rings (SSSR count). The lowest BCUT2D eigenvalue weighted by Crippen LogP contribution is -2.38. The fraction of sp³-hybridized carbons (Fsp3) is 0.375. The lowest BCUT2D eigenvalue weighted by molar-refractivity contribution is 0.480. The van der Waals surface area contributed by atoms with Gasteiger partial charge in [0.1, 0.15) is 5.15 Å². The smallest absolute Gasteiger partial charge is 0.297 e. The number of hydrogen-bond acceptors (Lipinski definition) is 2. The second kappa shape index (κ2) is 5.53. The summed E-state index contributed by atoms with van der Waals surface area (Å²) in [6, 6.07) is 7.55. The number of rotatable bonds is 2. The maximum atomic E-state index is 12.7. The minimum absolute atomic E-state index is 0.0114. The van der Waals surface area contributed by atoms with E-state index in [0.29, 0.717) is 5.56 Å². The normalized spacial score (nSPS) is 15.5. The Hall–Kier alpha value is -1.81. The molecule has 2 aromatic rings. The first kappa shape index (κ1) is 14.1. The highest BCUT2D eigenvalue weighted by atomic mass is 35.5. The van der Waals surface area contributed by atoms with Gasteiger partial charge in [0.2, 0.25) is 0 Å². The Labute approximate surface area is 127 Å². The van der Waals surface area contributed by atoms with E-state index in [0.717, 1.165) is 36.8 Å². The van der Waals surface area contributed by atoms with Gasteiger partial charge in [-0.25, -0.2) is 4.79 Å². The lowest BCUT2D eigenvalue weighted by Gasteiger charge is -2.14. The molecule has 1 aliphatic carbocycles. The van der Waals surface area contributed by atoms with E-state index in [9.17, 15) is 9.59 Å². The molecule has 1 N–H and O–H groups in total. The van der Waals surface area contributed by atoms with Crippen molar-refractivity contribution in [2.75, 3.05) is 0 Å². The predicted molar refractivity (Wildman–Crippen MR) is 84.0 cm³/mol. The number of aromatic nitrogens is 2. The van der Waals surface area contributed by atoms with E-state index in [4.69, 9.17) is 11.6 Å². The van der Waals surface area contributed by atoms with Crippen molar-refractivity contribution in [2.45, 2.75) is 38.6 Å². The average molecular weight is 305 g/mol. The Morgan fingerprint density at radius 2 is 1.76 bits per heavy atom. The van der Waals surface area contributed by atoms with Gasteiger partial charge in [0.25, 0.3) is 5.56 Å². The molecule has 1 fully saturated rings. The summed E-state index contributed by atoms with van der Waals surface area (Å²) in [6.07, 6.45) is 3.86. The zero-order valence-electron chi connectivity index (χ0n) is 11.9. The van der Waals surface area contributed by atoms with Crippen LogP contribution in [-0.2, 0) is 0 Å². The molecule has 1 heterocycles. The summed E-state index contributed by atoms with van der Waals surface area (Å²) in [7, 11) is 0. The SMILES string of the molecule is Cc1ccc(-c2c(Cl)[nH]c(=O)n(C3CCCC3)c2=O)cc1. The Balaban J connectivity index is 2.21. The van der Waals surface area contributed by atoms with Crippen LogP contribution < -0.4 is 11.2 Å². The standard InChI is InChI=1S/C16H17ClN2O2/c1-10-6-8-11(9-7-10)13-14(17)18-16(21)19(15(13)20)12-4-2-3-5-12/h6-9,12H,2-5H2,1H3,(H,18,21). The van der Waals surface area contributed by atoms with Crippen LogP contribution in [0.3, 0.4) is 0 Å². The molecule has 0 atom stereocenters. The molecule has 1 aliphatic rings. The van der Waals surface area contributed by atoms with E-state index >= 15 is 0 Å². The first-order valence-corrected chi connectivity index (χ1v) is 7.57. The molecule has 1 saturated carbocycles. The van der Waals surface area contributed by atoms with Crippen molar-refractivity contribution in [3.8, 4) is 11.1 Å². The van der Waals surface area contributed by atoms with E-state index in [1.807, 2.05) is 31.2 Å². The molecule has 0 bridgehead atoms. The number of benzene rings is 1. The van der Waals surface area contributed by atoms with E-state index in [1.165, 1.54) is 4.57 Å². The molecule has 0 radical (unpaired) electrons. The van der Waals surface area contributed by atoms with Crippen molar-refractivity contribution in [1.82, 2.24) is 9.55 Å². The highest BCUT2D eigenvalue weighted by molar-refractivity contribution is 6.32. The summed E-state index contributed by atoms with van der Waals surface area (Å²) in [4.78, 5) is 27.5. The Kier molecular flexibility index (Phi) is 3.72. The fourth-order valence-corrected chi connectivity index (χ4v) is 3.26. The van der Waals surface area contributed by atoms with Gasteiger partial charge in [-0.2, -0.15) is 0 Å². The van der Waals surface area contributed by atoms with Gasteiger partial charge in [0, 0.05) is 6.04 Å². The van der Waals surface area contributed by atoms with Crippen LogP contribution in [-0.4, -0.2) is 9.55 Å². The third-order valence-corrected chi connectivity index (χ3v) is 4.40. The van der Waals surface area contributed by atoms with E-state index in [1.54, 1.807) is 0 Å². The van der Waals surface area contributed by atoms with Crippen molar-refractivity contribution >= 4 is 11.6 Å². The lowest BCUT2D eigenvalue weighted by atomic mass is 10.1. The predicted octanol–water partition coefficient (Wildman–Crippen LogP) is 3.28. The molecule has 5 heteroatoms. The number of hydrogen-bond donors (Lipinski definition) is 1. The van der Waals surface area contributed by atoms with Crippen molar-refractivity contribution in [2.24, 2.45) is 0 Å². The van der Waals surface area contributed by atoms with Gasteiger partial charge in [0.05, 0.1) is 5.56 Å². The Morgan fingerprint density at radius 3 is 2.38 bits per heavy atom. The molecule has 1 aromatic carbocycles. The number of nitrogens with one attached hydrogen (secondary N) is 1. The molecule has 0 unspecified atom stereocenters. The molecular formula is C16H17ClN2O2. The Bertz CT molecular complexity index is 768. The minimum Gasteiger partial charge on any atom is -0.297 e. The molecule has 21 heavy (non-hydrogen) atoms. The summed E-state index contributed by atoms with van der Waals surface area (Å²) in [6.45, 7) is 1.98. The summed E-state index contributed by atoms with van der Waals surface area (Å²) in [5.41, 5.74) is 1.52. The minimum atomic E-state index is -0.409. The third kappa shape index (κ3) is 2.56. The topological polar surface area (TPSA) is 54.9 Å². The van der Waals surface area contributed by atoms with Crippen LogP contribution in [0.1, 0.15) is 37.3 Å². The third-order valence-electron chi connectivity index (χ3n) is 4.12. The van der Waals surface area contributed by atoms with Crippen LogP contribution in [0, 0.1) is 6.92 Å². The van der Waals surface area contributed by atoms with Crippen molar-refractivity contribution in [3.63, 3.8) is 0 Å². The summed E-state index contributed by atoms with van der Waals surface area (Å²) in [5, 5.41) is 0.114. The highest BCUT2D eigenvalue weighted by Gasteiger charge is 2.23. The first-order chi connectivity index (χ1) is 10.1. The van der Waals surface area contributed by atoms with Gasteiger partial charge in [-0.15, -0.1) is 0 Å². The molecule has 0 amide bonds. The van der Waals surface area contributed by atoms with Crippen molar-refractivity contribution in [1.29, 1.82) is 0 Å². The Morgan fingerprint density at radius 1 is 1.14 bits per heavy atom. The van der Waals surface area contributed by atoms with E-state index < -0.39 is 5.69 Å². The maximum Gasteiger partial charge on any atom is 0.329 e. The van der Waals surface area contributed by atoms with Crippen LogP contribution in [0.2, 0.25) is 5.15 Å². The van der Waals surface area contributed by atoms with Gasteiger partial charge >= 0.3 is 5.69 Å². The molecule has 0 spiro atoms. The van der Waals surface area contributed by atoms with Crippen LogP contribution in [0.5, 0.6) is 0 Å². The molecular weight excluding hydrogens is 288 g/mol. The average Bonchev–Trinajstić information content (AvgIpc) is 2.94. The molecule has 1 aromatic heterocycles. The second-order valence-electron chi connectivity index (χ2n) is 5.60. The molecule has 0 saturated heterocycles. The molecule has 0 aliphatic heterocycles. The fourth-order valence-electron chi connectivity index (χ4n) is 2.99. The zero-order chi connectivity index (χ0) is 15.0. The van der Waals surface area contributed by atoms with Gasteiger partial charge in [-0.1, -0.05) is 54.3 Å². The van der Waals surface area contributed by atoms with Gasteiger partial charge in [0.15, 0.2) is 0 Å². The zero-order valence-corrected chi connectivity index (χ0v) is 12.6. The monoisotopic (exact) mass is 304 g/mol. The van der Waals surface area contributed by atoms with Crippen LogP contribution in [0.25, 0.3) is 11.1 Å². The number of H-pyrrole nitrogens is 1. The van der Waals surface area contributed by atoms with Gasteiger partial charge < -0.3 is 0 Å². The molecule has 4 nitrogen and oxygen atoms in total. The number of halogens is 1. The van der Waals surface area contributed by atoms with Crippen LogP contribution in [0.15, 0.2) is 33.9 Å². The van der Waals surface area contributed by atoms with E-state index in [2.05, 4.69) is 4.98 Å². The van der Waals surface area contributed by atoms with Gasteiger partial charge in [-0.05, 0) is 25.3 Å². The quantitative estimate of drug-likeness (QED) is 0.866. The van der Waals surface area contributed by atoms with Crippen molar-refractivity contribution in [3.05, 3.63) is 55.8 Å². The van der Waals surface area contributed by atoms with Gasteiger partial charge in [-0.3, -0.25) is 14.3 Å². The van der Waals surface area contributed by atoms with Crippen LogP contribution in [0.4, 0.5) is 0 Å². The highest BCUT2D eigenvalue weighted by Crippen LogP contribution is 2.28. The number of aryl methyl sites for hydroxylation is 1. The second-order valence-corrected chi connectivity index (χ2v) is 5.98. The van der Waals surface area contributed by atoms with E-state index in [-0.39, 0.29) is 16.8 Å². The number of nitrogens with zero attached hydrogens (tertiary/aromatic N) is 1. The summed E-state index contributed by atoms with van der Waals surface area (Å²) in [5.74, 6) is 0. The van der Waals surface area contributed by atoms with Crippen molar-refractivity contribution < 1.29 is 0 Å². The molecule has 110 valence electrons. The largest absolute Gasteiger partial charge is 0.329 e. The van der Waals surface area contributed by atoms with Crippen LogP contribution >= 0.6 is 11.6 Å².